The minimum Gasteiger partial charge on any atom is -0.355 e. The molecule has 4 N–H and O–H groups in total. The number of amides is 2. The Hall–Kier alpha value is -1.36. The van der Waals surface area contributed by atoms with Crippen molar-refractivity contribution in [3.63, 3.8) is 0 Å². The quantitative estimate of drug-likeness (QED) is 0.630. The number of hydrogen-bond acceptors (Lipinski definition) is 3. The predicted molar refractivity (Wildman–Crippen MR) is 70.7 cm³/mol. The second kappa shape index (κ2) is 6.00. The van der Waals surface area contributed by atoms with Gasteiger partial charge in [-0.2, -0.15) is 0 Å². The van der Waals surface area contributed by atoms with Gasteiger partial charge in [-0.15, -0.1) is 0 Å². The zero-order valence-electron chi connectivity index (χ0n) is 11.3. The summed E-state index contributed by atoms with van der Waals surface area (Å²) < 4.78 is 0. The van der Waals surface area contributed by atoms with Gasteiger partial charge in [0.25, 0.3) is 0 Å². The fourth-order valence-electron chi connectivity index (χ4n) is 1.83. The van der Waals surface area contributed by atoms with Crippen molar-refractivity contribution in [3.05, 3.63) is 12.2 Å². The van der Waals surface area contributed by atoms with Gasteiger partial charge in [-0.1, -0.05) is 12.2 Å². The molecule has 102 valence electrons. The Morgan fingerprint density at radius 3 is 2.50 bits per heavy atom. The summed E-state index contributed by atoms with van der Waals surface area (Å²) in [5.41, 5.74) is 5.44. The van der Waals surface area contributed by atoms with E-state index in [9.17, 15) is 9.59 Å². The van der Waals surface area contributed by atoms with Gasteiger partial charge in [-0.25, -0.2) is 0 Å². The first-order valence-corrected chi connectivity index (χ1v) is 6.30. The SMILES string of the molecule is CC(C)(C)NC(=O)CCNC(=O)C1C=CC(N)C1. The van der Waals surface area contributed by atoms with Crippen molar-refractivity contribution in [1.29, 1.82) is 0 Å². The first-order valence-electron chi connectivity index (χ1n) is 6.30. The molecule has 1 rings (SSSR count). The lowest BCUT2D eigenvalue weighted by atomic mass is 10.1. The molecule has 0 fully saturated rings. The number of nitrogens with two attached hydrogens (primary N) is 1. The third kappa shape index (κ3) is 5.31. The molecule has 5 heteroatoms. The topological polar surface area (TPSA) is 84.2 Å². The summed E-state index contributed by atoms with van der Waals surface area (Å²) in [6, 6.07) is -0.0232. The maximum atomic E-state index is 11.7. The predicted octanol–water partition coefficient (Wildman–Crippen LogP) is 0.311. The smallest absolute Gasteiger partial charge is 0.227 e. The van der Waals surface area contributed by atoms with Crippen LogP contribution in [0.3, 0.4) is 0 Å². The van der Waals surface area contributed by atoms with Crippen LogP contribution in [0.15, 0.2) is 12.2 Å². The van der Waals surface area contributed by atoms with Crippen molar-refractivity contribution in [2.45, 2.75) is 45.2 Å². The molecule has 0 aliphatic heterocycles. The number of rotatable bonds is 4. The van der Waals surface area contributed by atoms with Gasteiger partial charge >= 0.3 is 0 Å². The Balaban J connectivity index is 2.20. The largest absolute Gasteiger partial charge is 0.355 e. The van der Waals surface area contributed by atoms with Crippen molar-refractivity contribution < 1.29 is 9.59 Å². The van der Waals surface area contributed by atoms with E-state index < -0.39 is 0 Å². The fraction of sp³-hybridized carbons (Fsp3) is 0.692. The molecule has 2 unspecified atom stereocenters. The zero-order valence-corrected chi connectivity index (χ0v) is 11.3. The van der Waals surface area contributed by atoms with Crippen molar-refractivity contribution in [1.82, 2.24) is 10.6 Å². The highest BCUT2D eigenvalue weighted by Crippen LogP contribution is 2.15. The highest BCUT2D eigenvalue weighted by molar-refractivity contribution is 5.82. The van der Waals surface area contributed by atoms with Crippen LogP contribution in [0.2, 0.25) is 0 Å². The fourth-order valence-corrected chi connectivity index (χ4v) is 1.83. The van der Waals surface area contributed by atoms with E-state index in [1.807, 2.05) is 32.9 Å². The summed E-state index contributed by atoms with van der Waals surface area (Å²) in [4.78, 5) is 23.2. The first-order chi connectivity index (χ1) is 8.28. The van der Waals surface area contributed by atoms with Crippen LogP contribution in [-0.2, 0) is 9.59 Å². The normalized spacial score (nSPS) is 22.9. The molecule has 0 aromatic carbocycles. The molecular weight excluding hydrogens is 230 g/mol. The van der Waals surface area contributed by atoms with Crippen molar-refractivity contribution in [2.24, 2.45) is 11.7 Å². The van der Waals surface area contributed by atoms with Crippen molar-refractivity contribution in [2.75, 3.05) is 6.54 Å². The third-order valence-corrected chi connectivity index (χ3v) is 2.62. The second-order valence-corrected chi connectivity index (χ2v) is 5.73. The Morgan fingerprint density at radius 2 is 2.00 bits per heavy atom. The van der Waals surface area contributed by atoms with Crippen LogP contribution in [0.4, 0.5) is 0 Å². The lowest BCUT2D eigenvalue weighted by Gasteiger charge is -2.20. The molecule has 2 amide bonds. The lowest BCUT2D eigenvalue weighted by molar-refractivity contribution is -0.124. The van der Waals surface area contributed by atoms with Crippen molar-refractivity contribution >= 4 is 11.8 Å². The monoisotopic (exact) mass is 253 g/mol. The molecule has 0 aromatic heterocycles. The summed E-state index contributed by atoms with van der Waals surface area (Å²) in [7, 11) is 0. The maximum absolute atomic E-state index is 11.7. The van der Waals surface area contributed by atoms with Gasteiger partial charge in [0.1, 0.15) is 0 Å². The Bertz CT molecular complexity index is 345. The molecule has 0 radical (unpaired) electrons. The number of hydrogen-bond donors (Lipinski definition) is 3. The van der Waals surface area contributed by atoms with Gasteiger partial charge in [0.15, 0.2) is 0 Å². The van der Waals surface area contributed by atoms with Crippen LogP contribution >= 0.6 is 0 Å². The molecule has 0 saturated heterocycles. The van der Waals surface area contributed by atoms with E-state index in [0.717, 1.165) is 0 Å². The van der Waals surface area contributed by atoms with E-state index >= 15 is 0 Å². The molecule has 0 spiro atoms. The highest BCUT2D eigenvalue weighted by atomic mass is 16.2. The molecule has 18 heavy (non-hydrogen) atoms. The minimum absolute atomic E-state index is 0.0232. The van der Waals surface area contributed by atoms with Crippen LogP contribution in [0, 0.1) is 5.92 Å². The Kier molecular flexibility index (Phi) is 4.90. The molecule has 5 nitrogen and oxygen atoms in total. The van der Waals surface area contributed by atoms with Gasteiger partial charge in [-0.3, -0.25) is 9.59 Å². The first kappa shape index (κ1) is 14.7. The van der Waals surface area contributed by atoms with E-state index in [1.54, 1.807) is 0 Å². The van der Waals surface area contributed by atoms with Crippen LogP contribution in [0.1, 0.15) is 33.6 Å². The summed E-state index contributed by atoms with van der Waals surface area (Å²) in [6.45, 7) is 6.14. The van der Waals surface area contributed by atoms with Gasteiger partial charge in [-0.05, 0) is 27.2 Å². The van der Waals surface area contributed by atoms with E-state index in [0.29, 0.717) is 19.4 Å². The summed E-state index contributed by atoms with van der Waals surface area (Å²) in [5.74, 6) is -0.255. The molecule has 0 aromatic rings. The van der Waals surface area contributed by atoms with Gasteiger partial charge in [0.05, 0.1) is 5.92 Å². The second-order valence-electron chi connectivity index (χ2n) is 5.73. The lowest BCUT2D eigenvalue weighted by Crippen LogP contribution is -2.42. The summed E-state index contributed by atoms with van der Waals surface area (Å²) in [5, 5.41) is 5.60. The standard InChI is InChI=1S/C13H23N3O2/c1-13(2,3)16-11(17)6-7-15-12(18)9-4-5-10(14)8-9/h4-5,9-10H,6-8,14H2,1-3H3,(H,15,18)(H,16,17). The van der Waals surface area contributed by atoms with E-state index in [-0.39, 0.29) is 29.3 Å². The Labute approximate surface area is 108 Å². The molecule has 1 aliphatic rings. The number of carbonyl (C=O) groups excluding carboxylic acids is 2. The molecule has 2 atom stereocenters. The average Bonchev–Trinajstić information content (AvgIpc) is 2.62. The van der Waals surface area contributed by atoms with Crippen LogP contribution < -0.4 is 16.4 Å². The number of carbonyl (C=O) groups is 2. The Morgan fingerprint density at radius 1 is 1.33 bits per heavy atom. The molecule has 0 bridgehead atoms. The van der Waals surface area contributed by atoms with E-state index in [4.69, 9.17) is 5.73 Å². The van der Waals surface area contributed by atoms with E-state index in [2.05, 4.69) is 10.6 Å². The highest BCUT2D eigenvalue weighted by Gasteiger charge is 2.22. The summed E-state index contributed by atoms with van der Waals surface area (Å²) in [6.07, 6.45) is 4.62. The molecular formula is C13H23N3O2. The minimum atomic E-state index is -0.234. The van der Waals surface area contributed by atoms with Crippen LogP contribution in [0.25, 0.3) is 0 Å². The number of nitrogens with one attached hydrogen (secondary N) is 2. The van der Waals surface area contributed by atoms with Gasteiger partial charge < -0.3 is 16.4 Å². The third-order valence-electron chi connectivity index (χ3n) is 2.62. The molecule has 1 aliphatic carbocycles. The maximum Gasteiger partial charge on any atom is 0.227 e. The zero-order chi connectivity index (χ0) is 13.8. The molecule has 0 heterocycles. The van der Waals surface area contributed by atoms with Crippen molar-refractivity contribution in [3.8, 4) is 0 Å². The average molecular weight is 253 g/mol. The van der Waals surface area contributed by atoms with Gasteiger partial charge in [0.2, 0.25) is 11.8 Å². The summed E-state index contributed by atoms with van der Waals surface area (Å²) >= 11 is 0. The van der Waals surface area contributed by atoms with Crippen LogP contribution in [0.5, 0.6) is 0 Å². The van der Waals surface area contributed by atoms with Crippen LogP contribution in [-0.4, -0.2) is 29.9 Å². The molecule has 0 saturated carbocycles. The van der Waals surface area contributed by atoms with Gasteiger partial charge in [0, 0.05) is 24.5 Å². The van der Waals surface area contributed by atoms with E-state index in [1.165, 1.54) is 0 Å².